The lowest BCUT2D eigenvalue weighted by Crippen LogP contribution is -2.17. The average molecular weight is 245 g/mol. The fourth-order valence-electron chi connectivity index (χ4n) is 1.64. The molecule has 5 nitrogen and oxygen atoms in total. The number of rotatable bonds is 1. The number of fused-ring (bicyclic) bond motifs is 1. The standard InChI is InChI=1S/C11H7N3O2S/c15-10-9(17-11(16)12-10)5-8-6-3-1-2-4-7(6)13-14-8/h1-5H,(H,13,14)(H,12,15,16). The van der Waals surface area contributed by atoms with E-state index in [4.69, 9.17) is 0 Å². The highest BCUT2D eigenvalue weighted by Crippen LogP contribution is 2.27. The number of hydrogen-bond donors (Lipinski definition) is 2. The third-order valence-electron chi connectivity index (χ3n) is 2.41. The molecule has 0 spiro atoms. The van der Waals surface area contributed by atoms with Gasteiger partial charge in [-0.15, -0.1) is 0 Å². The van der Waals surface area contributed by atoms with Gasteiger partial charge in [-0.1, -0.05) is 18.2 Å². The number of hydrogen-bond acceptors (Lipinski definition) is 4. The molecular formula is C11H7N3O2S. The van der Waals surface area contributed by atoms with Gasteiger partial charge in [0.15, 0.2) is 0 Å². The Morgan fingerprint density at radius 2 is 2.06 bits per heavy atom. The van der Waals surface area contributed by atoms with E-state index in [0.29, 0.717) is 10.6 Å². The van der Waals surface area contributed by atoms with Gasteiger partial charge in [0, 0.05) is 5.39 Å². The SMILES string of the molecule is O=C1NC(=O)C(=Cc2n[nH]c3ccccc23)S1. The highest BCUT2D eigenvalue weighted by Gasteiger charge is 2.25. The van der Waals surface area contributed by atoms with E-state index < -0.39 is 0 Å². The molecule has 0 bridgehead atoms. The molecule has 2 N–H and O–H groups in total. The first kappa shape index (κ1) is 10.1. The van der Waals surface area contributed by atoms with Crippen LogP contribution in [0.1, 0.15) is 5.69 Å². The number of H-pyrrole nitrogens is 1. The summed E-state index contributed by atoms with van der Waals surface area (Å²) in [5.41, 5.74) is 1.56. The first-order valence-corrected chi connectivity index (χ1v) is 5.73. The fourth-order valence-corrected chi connectivity index (χ4v) is 2.30. The number of para-hydroxylation sites is 1. The Balaban J connectivity index is 2.08. The van der Waals surface area contributed by atoms with E-state index in [-0.39, 0.29) is 11.1 Å². The van der Waals surface area contributed by atoms with Gasteiger partial charge in [-0.25, -0.2) is 0 Å². The normalized spacial score (nSPS) is 18.0. The molecule has 2 amide bonds. The minimum absolute atomic E-state index is 0.346. The quantitative estimate of drug-likeness (QED) is 0.752. The van der Waals surface area contributed by atoms with Crippen LogP contribution in [-0.4, -0.2) is 21.3 Å². The van der Waals surface area contributed by atoms with Crippen molar-refractivity contribution in [1.82, 2.24) is 15.5 Å². The average Bonchev–Trinajstić information content (AvgIpc) is 2.85. The molecule has 84 valence electrons. The Morgan fingerprint density at radius 3 is 2.82 bits per heavy atom. The van der Waals surface area contributed by atoms with E-state index in [2.05, 4.69) is 15.5 Å². The summed E-state index contributed by atoms with van der Waals surface area (Å²) >= 11 is 0.888. The van der Waals surface area contributed by atoms with Gasteiger partial charge in [0.2, 0.25) is 0 Å². The first-order chi connectivity index (χ1) is 8.24. The predicted octanol–water partition coefficient (Wildman–Crippen LogP) is 1.89. The van der Waals surface area contributed by atoms with Gasteiger partial charge in [0.05, 0.1) is 16.1 Å². The van der Waals surface area contributed by atoms with Crippen molar-refractivity contribution >= 4 is 39.9 Å². The summed E-state index contributed by atoms with van der Waals surface area (Å²) in [6.45, 7) is 0. The molecule has 0 aliphatic carbocycles. The summed E-state index contributed by atoms with van der Waals surface area (Å²) in [6, 6.07) is 7.60. The molecule has 0 unspecified atom stereocenters. The largest absolute Gasteiger partial charge is 0.290 e. The summed E-state index contributed by atoms with van der Waals surface area (Å²) in [5.74, 6) is -0.368. The highest BCUT2D eigenvalue weighted by molar-refractivity contribution is 8.18. The summed E-state index contributed by atoms with van der Waals surface area (Å²) in [4.78, 5) is 22.8. The lowest BCUT2D eigenvalue weighted by atomic mass is 10.2. The maximum absolute atomic E-state index is 11.4. The van der Waals surface area contributed by atoms with Crippen LogP contribution >= 0.6 is 11.8 Å². The predicted molar refractivity (Wildman–Crippen MR) is 65.2 cm³/mol. The number of carbonyl (C=O) groups is 2. The van der Waals surface area contributed by atoms with E-state index >= 15 is 0 Å². The van der Waals surface area contributed by atoms with Gasteiger partial charge in [-0.3, -0.25) is 20.0 Å². The number of thioether (sulfide) groups is 1. The fraction of sp³-hybridized carbons (Fsp3) is 0. The zero-order valence-corrected chi connectivity index (χ0v) is 9.38. The molecular weight excluding hydrogens is 238 g/mol. The van der Waals surface area contributed by atoms with Gasteiger partial charge in [-0.2, -0.15) is 5.10 Å². The van der Waals surface area contributed by atoms with Crippen LogP contribution in [0.3, 0.4) is 0 Å². The number of imide groups is 1. The molecule has 6 heteroatoms. The van der Waals surface area contributed by atoms with Crippen LogP contribution in [0, 0.1) is 0 Å². The van der Waals surface area contributed by atoms with Crippen LogP contribution in [0.5, 0.6) is 0 Å². The van der Waals surface area contributed by atoms with Gasteiger partial charge < -0.3 is 0 Å². The number of nitrogens with one attached hydrogen (secondary N) is 2. The third kappa shape index (κ3) is 1.72. The van der Waals surface area contributed by atoms with Gasteiger partial charge in [0.25, 0.3) is 11.1 Å². The van der Waals surface area contributed by atoms with Crippen LogP contribution in [0.2, 0.25) is 0 Å². The first-order valence-electron chi connectivity index (χ1n) is 4.92. The number of nitrogens with zero attached hydrogens (tertiary/aromatic N) is 1. The van der Waals surface area contributed by atoms with Crippen molar-refractivity contribution in [3.05, 3.63) is 34.9 Å². The summed E-state index contributed by atoms with van der Waals surface area (Å²) in [7, 11) is 0. The minimum Gasteiger partial charge on any atom is -0.282 e. The Bertz CT molecular complexity index is 660. The van der Waals surface area contributed by atoms with Crippen molar-refractivity contribution in [3.63, 3.8) is 0 Å². The van der Waals surface area contributed by atoms with Crippen molar-refractivity contribution in [2.24, 2.45) is 0 Å². The van der Waals surface area contributed by atoms with Gasteiger partial charge in [0.1, 0.15) is 0 Å². The Hall–Kier alpha value is -2.08. The zero-order chi connectivity index (χ0) is 11.8. The van der Waals surface area contributed by atoms with E-state index in [9.17, 15) is 9.59 Å². The number of benzene rings is 1. The summed E-state index contributed by atoms with van der Waals surface area (Å²) in [6.07, 6.45) is 1.61. The second-order valence-electron chi connectivity index (χ2n) is 3.51. The van der Waals surface area contributed by atoms with Crippen molar-refractivity contribution in [2.75, 3.05) is 0 Å². The van der Waals surface area contributed by atoms with Gasteiger partial charge in [-0.05, 0) is 23.9 Å². The topological polar surface area (TPSA) is 74.8 Å². The second kappa shape index (κ2) is 3.74. The molecule has 1 saturated heterocycles. The number of carbonyl (C=O) groups excluding carboxylic acids is 2. The van der Waals surface area contributed by atoms with E-state index in [1.54, 1.807) is 6.08 Å². The molecule has 1 aliphatic rings. The highest BCUT2D eigenvalue weighted by atomic mass is 32.2. The molecule has 0 saturated carbocycles. The van der Waals surface area contributed by atoms with Crippen LogP contribution in [0.15, 0.2) is 29.2 Å². The van der Waals surface area contributed by atoms with Crippen molar-refractivity contribution in [2.45, 2.75) is 0 Å². The zero-order valence-electron chi connectivity index (χ0n) is 8.56. The lowest BCUT2D eigenvalue weighted by Gasteiger charge is -1.90. The number of amides is 2. The van der Waals surface area contributed by atoms with Crippen LogP contribution < -0.4 is 5.32 Å². The lowest BCUT2D eigenvalue weighted by molar-refractivity contribution is -0.115. The molecule has 1 aromatic carbocycles. The minimum atomic E-state index is -0.368. The molecule has 17 heavy (non-hydrogen) atoms. The maximum atomic E-state index is 11.4. The number of aromatic nitrogens is 2. The summed E-state index contributed by atoms with van der Waals surface area (Å²) in [5, 5.41) is 9.76. The second-order valence-corrected chi connectivity index (χ2v) is 4.52. The molecule has 0 atom stereocenters. The maximum Gasteiger partial charge on any atom is 0.290 e. The van der Waals surface area contributed by atoms with Crippen LogP contribution in [-0.2, 0) is 4.79 Å². The third-order valence-corrected chi connectivity index (χ3v) is 3.22. The van der Waals surface area contributed by atoms with E-state index in [0.717, 1.165) is 22.7 Å². The molecule has 0 radical (unpaired) electrons. The smallest absolute Gasteiger partial charge is 0.282 e. The Morgan fingerprint density at radius 1 is 1.24 bits per heavy atom. The molecule has 1 aromatic heterocycles. The molecule has 3 rings (SSSR count). The molecule has 2 aromatic rings. The van der Waals surface area contributed by atoms with Crippen LogP contribution in [0.4, 0.5) is 4.79 Å². The van der Waals surface area contributed by atoms with Crippen LogP contribution in [0.25, 0.3) is 17.0 Å². The molecule has 1 aliphatic heterocycles. The monoisotopic (exact) mass is 245 g/mol. The summed E-state index contributed by atoms with van der Waals surface area (Å²) < 4.78 is 0. The molecule has 1 fully saturated rings. The molecule has 2 heterocycles. The van der Waals surface area contributed by atoms with E-state index in [1.165, 1.54) is 0 Å². The van der Waals surface area contributed by atoms with Crippen molar-refractivity contribution in [3.8, 4) is 0 Å². The van der Waals surface area contributed by atoms with Crippen molar-refractivity contribution < 1.29 is 9.59 Å². The van der Waals surface area contributed by atoms with E-state index in [1.807, 2.05) is 24.3 Å². The van der Waals surface area contributed by atoms with Crippen molar-refractivity contribution in [1.29, 1.82) is 0 Å². The number of aromatic amines is 1. The van der Waals surface area contributed by atoms with Gasteiger partial charge >= 0.3 is 0 Å². The Labute approximate surface area is 100 Å². The Kier molecular flexibility index (Phi) is 2.22.